The summed E-state index contributed by atoms with van der Waals surface area (Å²) in [5, 5.41) is 12.3. The third-order valence-corrected chi connectivity index (χ3v) is 2.31. The summed E-state index contributed by atoms with van der Waals surface area (Å²) >= 11 is 5.68. The number of aromatic hydroxyl groups is 1. The number of hydrogen-bond acceptors (Lipinski definition) is 3. The second-order valence-corrected chi connectivity index (χ2v) is 3.70. The third-order valence-electron chi connectivity index (χ3n) is 2.10. The van der Waals surface area contributed by atoms with E-state index in [9.17, 15) is 9.90 Å². The molecule has 17 heavy (non-hydrogen) atoms. The largest absolute Gasteiger partial charge is 0.506 e. The first-order valence-corrected chi connectivity index (χ1v) is 5.26. The van der Waals surface area contributed by atoms with Gasteiger partial charge in [0, 0.05) is 0 Å². The Bertz CT molecular complexity index is 558. The summed E-state index contributed by atoms with van der Waals surface area (Å²) in [6.45, 7) is 0. The number of phenolic OH excluding ortho intramolecular Hbond substituents is 1. The molecular formula is C12H9ClN2O2. The summed E-state index contributed by atoms with van der Waals surface area (Å²) in [6, 6.07) is 11.2. The van der Waals surface area contributed by atoms with Crippen LogP contribution >= 0.6 is 11.6 Å². The predicted octanol–water partition coefficient (Wildman–Crippen LogP) is 2.69. The maximum atomic E-state index is 11.8. The van der Waals surface area contributed by atoms with Crippen molar-refractivity contribution in [1.82, 2.24) is 4.98 Å². The Balaban J connectivity index is 2.20. The molecule has 2 rings (SSSR count). The Kier molecular flexibility index (Phi) is 3.25. The summed E-state index contributed by atoms with van der Waals surface area (Å²) in [5.74, 6) is -0.420. The predicted molar refractivity (Wildman–Crippen MR) is 65.3 cm³/mol. The van der Waals surface area contributed by atoms with Crippen molar-refractivity contribution in [3.8, 4) is 5.75 Å². The van der Waals surface area contributed by atoms with Gasteiger partial charge in [-0.3, -0.25) is 4.79 Å². The van der Waals surface area contributed by atoms with E-state index in [2.05, 4.69) is 10.3 Å². The number of nitrogens with one attached hydrogen (secondary N) is 1. The molecule has 0 unspecified atom stereocenters. The Morgan fingerprint density at radius 2 is 1.94 bits per heavy atom. The number of para-hydroxylation sites is 2. The quantitative estimate of drug-likeness (QED) is 0.634. The van der Waals surface area contributed by atoms with Crippen LogP contribution in [0.1, 0.15) is 10.5 Å². The topological polar surface area (TPSA) is 62.2 Å². The summed E-state index contributed by atoms with van der Waals surface area (Å²) in [7, 11) is 0. The number of phenols is 1. The monoisotopic (exact) mass is 248 g/mol. The van der Waals surface area contributed by atoms with Crippen molar-refractivity contribution in [1.29, 1.82) is 0 Å². The fourth-order valence-electron chi connectivity index (χ4n) is 1.30. The van der Waals surface area contributed by atoms with E-state index in [0.717, 1.165) is 0 Å². The number of amides is 1. The van der Waals surface area contributed by atoms with Crippen molar-refractivity contribution >= 4 is 23.2 Å². The van der Waals surface area contributed by atoms with Gasteiger partial charge >= 0.3 is 0 Å². The normalized spacial score (nSPS) is 9.94. The summed E-state index contributed by atoms with van der Waals surface area (Å²) in [4.78, 5) is 15.6. The lowest BCUT2D eigenvalue weighted by molar-refractivity contribution is 0.102. The number of hydrogen-bond donors (Lipinski definition) is 2. The Labute approximate surface area is 103 Å². The van der Waals surface area contributed by atoms with E-state index >= 15 is 0 Å². The van der Waals surface area contributed by atoms with E-state index in [1.807, 2.05) is 0 Å². The Morgan fingerprint density at radius 1 is 1.18 bits per heavy atom. The minimum atomic E-state index is -0.422. The molecule has 0 aliphatic carbocycles. The van der Waals surface area contributed by atoms with Gasteiger partial charge in [0.2, 0.25) is 0 Å². The molecule has 2 N–H and O–H groups in total. The van der Waals surface area contributed by atoms with Crippen LogP contribution in [0.2, 0.25) is 5.15 Å². The van der Waals surface area contributed by atoms with E-state index in [-0.39, 0.29) is 16.6 Å². The van der Waals surface area contributed by atoms with Gasteiger partial charge in [-0.15, -0.1) is 0 Å². The number of anilines is 1. The van der Waals surface area contributed by atoms with Crippen molar-refractivity contribution in [2.45, 2.75) is 0 Å². The molecule has 5 heteroatoms. The zero-order chi connectivity index (χ0) is 12.3. The molecule has 4 nitrogen and oxygen atoms in total. The minimum Gasteiger partial charge on any atom is -0.506 e. The molecule has 0 aliphatic heterocycles. The molecule has 0 saturated carbocycles. The van der Waals surface area contributed by atoms with E-state index < -0.39 is 5.91 Å². The molecule has 0 saturated heterocycles. The molecular weight excluding hydrogens is 240 g/mol. The average molecular weight is 249 g/mol. The molecule has 0 aliphatic rings. The van der Waals surface area contributed by atoms with Crippen LogP contribution in [0.15, 0.2) is 42.5 Å². The SMILES string of the molecule is O=C(Nc1ccccc1O)c1cccc(Cl)n1. The number of benzene rings is 1. The fourth-order valence-corrected chi connectivity index (χ4v) is 1.46. The number of nitrogens with zero attached hydrogens (tertiary/aromatic N) is 1. The molecule has 0 bridgehead atoms. The van der Waals surface area contributed by atoms with Crippen LogP contribution in [-0.2, 0) is 0 Å². The molecule has 1 heterocycles. The van der Waals surface area contributed by atoms with Gasteiger partial charge < -0.3 is 10.4 Å². The first kappa shape index (κ1) is 11.4. The standard InChI is InChI=1S/C12H9ClN2O2/c13-11-7-3-5-9(14-11)12(17)15-8-4-1-2-6-10(8)16/h1-7,16H,(H,15,17). The van der Waals surface area contributed by atoms with Gasteiger partial charge in [-0.2, -0.15) is 0 Å². The van der Waals surface area contributed by atoms with Crippen molar-refractivity contribution in [2.75, 3.05) is 5.32 Å². The highest BCUT2D eigenvalue weighted by Gasteiger charge is 2.09. The first-order valence-electron chi connectivity index (χ1n) is 4.89. The second kappa shape index (κ2) is 4.84. The van der Waals surface area contributed by atoms with Crippen molar-refractivity contribution < 1.29 is 9.90 Å². The molecule has 0 atom stereocenters. The summed E-state index contributed by atoms with van der Waals surface area (Å²) in [5.41, 5.74) is 0.528. The lowest BCUT2D eigenvalue weighted by Crippen LogP contribution is -2.13. The lowest BCUT2D eigenvalue weighted by atomic mass is 10.2. The lowest BCUT2D eigenvalue weighted by Gasteiger charge is -2.06. The number of rotatable bonds is 2. The van der Waals surface area contributed by atoms with Crippen LogP contribution in [0, 0.1) is 0 Å². The molecule has 0 fully saturated rings. The van der Waals surface area contributed by atoms with Crippen molar-refractivity contribution in [3.05, 3.63) is 53.3 Å². The maximum absolute atomic E-state index is 11.8. The molecule has 0 spiro atoms. The van der Waals surface area contributed by atoms with Gasteiger partial charge in [0.1, 0.15) is 16.6 Å². The van der Waals surface area contributed by atoms with E-state index in [1.54, 1.807) is 36.4 Å². The van der Waals surface area contributed by atoms with E-state index in [4.69, 9.17) is 11.6 Å². The van der Waals surface area contributed by atoms with Gasteiger partial charge in [-0.05, 0) is 24.3 Å². The van der Waals surface area contributed by atoms with Crippen LogP contribution in [-0.4, -0.2) is 16.0 Å². The second-order valence-electron chi connectivity index (χ2n) is 3.32. The smallest absolute Gasteiger partial charge is 0.274 e. The van der Waals surface area contributed by atoms with Crippen LogP contribution < -0.4 is 5.32 Å². The van der Waals surface area contributed by atoms with Gasteiger partial charge in [0.05, 0.1) is 5.69 Å². The molecule has 1 aromatic heterocycles. The molecule has 1 amide bonds. The molecule has 1 aromatic carbocycles. The molecule has 0 radical (unpaired) electrons. The number of aromatic nitrogens is 1. The van der Waals surface area contributed by atoms with Crippen molar-refractivity contribution in [2.24, 2.45) is 0 Å². The zero-order valence-electron chi connectivity index (χ0n) is 8.72. The number of carbonyl (C=O) groups is 1. The summed E-state index contributed by atoms with van der Waals surface area (Å²) in [6.07, 6.45) is 0. The number of halogens is 1. The van der Waals surface area contributed by atoms with Crippen LogP contribution in [0.5, 0.6) is 5.75 Å². The molecule has 86 valence electrons. The number of pyridine rings is 1. The first-order chi connectivity index (χ1) is 8.16. The Hall–Kier alpha value is -2.07. The average Bonchev–Trinajstić information content (AvgIpc) is 2.32. The highest BCUT2D eigenvalue weighted by atomic mass is 35.5. The highest BCUT2D eigenvalue weighted by Crippen LogP contribution is 2.22. The Morgan fingerprint density at radius 3 is 2.65 bits per heavy atom. The van der Waals surface area contributed by atoms with Crippen molar-refractivity contribution in [3.63, 3.8) is 0 Å². The van der Waals surface area contributed by atoms with Gasteiger partial charge in [0.25, 0.3) is 5.91 Å². The van der Waals surface area contributed by atoms with Crippen LogP contribution in [0.3, 0.4) is 0 Å². The van der Waals surface area contributed by atoms with Crippen LogP contribution in [0.4, 0.5) is 5.69 Å². The fraction of sp³-hybridized carbons (Fsp3) is 0. The minimum absolute atomic E-state index is 0.00266. The molecule has 2 aromatic rings. The third kappa shape index (κ3) is 2.73. The number of carbonyl (C=O) groups excluding carboxylic acids is 1. The maximum Gasteiger partial charge on any atom is 0.274 e. The summed E-state index contributed by atoms with van der Waals surface area (Å²) < 4.78 is 0. The van der Waals surface area contributed by atoms with Crippen LogP contribution in [0.25, 0.3) is 0 Å². The van der Waals surface area contributed by atoms with E-state index in [1.165, 1.54) is 6.07 Å². The van der Waals surface area contributed by atoms with E-state index in [0.29, 0.717) is 5.69 Å². The highest BCUT2D eigenvalue weighted by molar-refractivity contribution is 6.29. The van der Waals surface area contributed by atoms with Gasteiger partial charge in [0.15, 0.2) is 0 Å². The van der Waals surface area contributed by atoms with Gasteiger partial charge in [-0.1, -0.05) is 29.8 Å². The van der Waals surface area contributed by atoms with Gasteiger partial charge in [-0.25, -0.2) is 4.98 Å². The zero-order valence-corrected chi connectivity index (χ0v) is 9.48.